The van der Waals surface area contributed by atoms with Crippen molar-refractivity contribution in [1.29, 1.82) is 0 Å². The lowest BCUT2D eigenvalue weighted by Crippen LogP contribution is -2.41. The highest BCUT2D eigenvalue weighted by atomic mass is 19.1. The summed E-state index contributed by atoms with van der Waals surface area (Å²) < 4.78 is 19.8. The molecule has 158 valence electrons. The second-order valence-corrected chi connectivity index (χ2v) is 7.47. The summed E-state index contributed by atoms with van der Waals surface area (Å²) in [5.74, 6) is -0.839. The number of fused-ring (bicyclic) bond motifs is 2. The Morgan fingerprint density at radius 3 is 2.50 bits per heavy atom. The van der Waals surface area contributed by atoms with Crippen molar-refractivity contribution in [1.82, 2.24) is 0 Å². The van der Waals surface area contributed by atoms with E-state index < -0.39 is 23.5 Å². The minimum absolute atomic E-state index is 0.221. The molecule has 2 N–H and O–H groups in total. The lowest BCUT2D eigenvalue weighted by atomic mass is 9.99. The van der Waals surface area contributed by atoms with Gasteiger partial charge in [0.25, 0.3) is 5.91 Å². The summed E-state index contributed by atoms with van der Waals surface area (Å²) in [4.78, 5) is 30.6. The van der Waals surface area contributed by atoms with Crippen LogP contribution in [-0.4, -0.2) is 17.8 Å². The molecule has 0 fully saturated rings. The summed E-state index contributed by atoms with van der Waals surface area (Å²) in [6, 6.07) is 21.9. The molecular formula is C25H18FN3O3. The van der Waals surface area contributed by atoms with Crippen molar-refractivity contribution in [3.8, 4) is 0 Å². The number of benzene rings is 3. The predicted molar refractivity (Wildman–Crippen MR) is 120 cm³/mol. The van der Waals surface area contributed by atoms with Gasteiger partial charge in [0.1, 0.15) is 11.4 Å². The number of nitrogens with zero attached hydrogens (tertiary/aromatic N) is 2. The van der Waals surface area contributed by atoms with E-state index in [2.05, 4.69) is 4.99 Å². The number of halogens is 1. The first-order chi connectivity index (χ1) is 15.5. The lowest BCUT2D eigenvalue weighted by molar-refractivity contribution is -0.119. The standard InChI is InChI=1S/C25H18FN3O3/c26-19-7-3-1-5-17(19)23-18-6-2-4-8-20(18)29(25(31)24(27)28-23)14-15-9-11-21-16(13-15)10-12-22(30)32-21/h1-13,24H,14,27H2/t24-/m0/s1. The Labute approximate surface area is 182 Å². The van der Waals surface area contributed by atoms with E-state index in [1.165, 1.54) is 12.1 Å². The van der Waals surface area contributed by atoms with Crippen LogP contribution in [0.4, 0.5) is 10.1 Å². The molecule has 6 nitrogen and oxygen atoms in total. The second-order valence-electron chi connectivity index (χ2n) is 7.47. The Balaban J connectivity index is 1.61. The van der Waals surface area contributed by atoms with Crippen molar-refractivity contribution >= 4 is 28.3 Å². The van der Waals surface area contributed by atoms with Crippen molar-refractivity contribution in [3.63, 3.8) is 0 Å². The van der Waals surface area contributed by atoms with Crippen molar-refractivity contribution in [2.75, 3.05) is 4.90 Å². The van der Waals surface area contributed by atoms with E-state index >= 15 is 0 Å². The zero-order valence-corrected chi connectivity index (χ0v) is 16.9. The van der Waals surface area contributed by atoms with Gasteiger partial charge in [-0.2, -0.15) is 0 Å². The summed E-state index contributed by atoms with van der Waals surface area (Å²) >= 11 is 0. The van der Waals surface area contributed by atoms with E-state index in [1.807, 2.05) is 18.2 Å². The van der Waals surface area contributed by atoms with Crippen molar-refractivity contribution in [2.24, 2.45) is 10.7 Å². The fraction of sp³-hybridized carbons (Fsp3) is 0.0800. The number of benzodiazepines with no additional fused rings is 1. The summed E-state index contributed by atoms with van der Waals surface area (Å²) in [6.07, 6.45) is -1.18. The summed E-state index contributed by atoms with van der Waals surface area (Å²) in [7, 11) is 0. The average molecular weight is 427 g/mol. The predicted octanol–water partition coefficient (Wildman–Crippen LogP) is 3.60. The van der Waals surface area contributed by atoms with Gasteiger partial charge in [-0.1, -0.05) is 36.4 Å². The average Bonchev–Trinajstić information content (AvgIpc) is 2.90. The number of rotatable bonds is 3. The molecule has 0 unspecified atom stereocenters. The SMILES string of the molecule is N[C@H]1N=C(c2ccccc2F)c2ccccc2N(Cc2ccc3oc(=O)ccc3c2)C1=O. The van der Waals surface area contributed by atoms with Crippen LogP contribution in [0.3, 0.4) is 0 Å². The molecule has 1 amide bonds. The Morgan fingerprint density at radius 1 is 0.938 bits per heavy atom. The van der Waals surface area contributed by atoms with Crippen molar-refractivity contribution < 1.29 is 13.6 Å². The normalized spacial score (nSPS) is 15.9. The monoisotopic (exact) mass is 427 g/mol. The number of amides is 1. The van der Waals surface area contributed by atoms with Gasteiger partial charge in [-0.3, -0.25) is 9.79 Å². The Hall–Kier alpha value is -4.10. The van der Waals surface area contributed by atoms with E-state index in [1.54, 1.807) is 53.4 Å². The minimum Gasteiger partial charge on any atom is -0.423 e. The summed E-state index contributed by atoms with van der Waals surface area (Å²) in [5.41, 5.74) is 8.81. The van der Waals surface area contributed by atoms with Crippen molar-refractivity contribution in [3.05, 3.63) is 112 Å². The molecule has 32 heavy (non-hydrogen) atoms. The van der Waals surface area contributed by atoms with Crippen LogP contribution in [-0.2, 0) is 11.3 Å². The lowest BCUT2D eigenvalue weighted by Gasteiger charge is -2.24. The fourth-order valence-electron chi connectivity index (χ4n) is 3.88. The maximum atomic E-state index is 14.6. The molecule has 1 aromatic heterocycles. The molecule has 5 rings (SSSR count). The molecule has 7 heteroatoms. The highest BCUT2D eigenvalue weighted by Gasteiger charge is 2.30. The fourth-order valence-corrected chi connectivity index (χ4v) is 3.88. The molecule has 0 saturated heterocycles. The van der Waals surface area contributed by atoms with E-state index in [0.29, 0.717) is 22.5 Å². The molecule has 0 aliphatic carbocycles. The number of hydrogen-bond acceptors (Lipinski definition) is 5. The van der Waals surface area contributed by atoms with E-state index in [0.717, 1.165) is 10.9 Å². The molecule has 1 aliphatic rings. The number of carbonyl (C=O) groups is 1. The summed E-state index contributed by atoms with van der Waals surface area (Å²) in [6.45, 7) is 0.221. The van der Waals surface area contributed by atoms with Crippen molar-refractivity contribution in [2.45, 2.75) is 12.7 Å². The third-order valence-corrected chi connectivity index (χ3v) is 5.39. The number of hydrogen-bond donors (Lipinski definition) is 1. The first-order valence-electron chi connectivity index (χ1n) is 10.0. The largest absolute Gasteiger partial charge is 0.423 e. The van der Waals surface area contributed by atoms with Gasteiger partial charge in [-0.05, 0) is 42.0 Å². The minimum atomic E-state index is -1.18. The van der Waals surface area contributed by atoms with Crippen LogP contribution >= 0.6 is 0 Å². The first-order valence-corrected chi connectivity index (χ1v) is 10.0. The number of anilines is 1. The third kappa shape index (κ3) is 3.48. The van der Waals surface area contributed by atoms with Gasteiger partial charge in [-0.15, -0.1) is 0 Å². The maximum Gasteiger partial charge on any atom is 0.336 e. The molecule has 1 atom stereocenters. The molecule has 2 heterocycles. The molecule has 1 aliphatic heterocycles. The van der Waals surface area contributed by atoms with Gasteiger partial charge in [-0.25, -0.2) is 9.18 Å². The Kier molecular flexibility index (Phi) is 4.88. The number of para-hydroxylation sites is 1. The van der Waals surface area contributed by atoms with E-state index in [4.69, 9.17) is 10.2 Å². The molecule has 3 aromatic carbocycles. The second kappa shape index (κ2) is 7.86. The number of aliphatic imine (C=N–C) groups is 1. The zero-order valence-electron chi connectivity index (χ0n) is 16.9. The van der Waals surface area contributed by atoms with Crippen LogP contribution in [0.1, 0.15) is 16.7 Å². The number of carbonyl (C=O) groups excluding carboxylic acids is 1. The first kappa shape index (κ1) is 19.8. The van der Waals surface area contributed by atoms with Gasteiger partial charge in [0.15, 0.2) is 6.17 Å². The quantitative estimate of drug-likeness (QED) is 0.506. The van der Waals surface area contributed by atoms with Gasteiger partial charge >= 0.3 is 5.63 Å². The van der Waals surface area contributed by atoms with Crippen LogP contribution in [0.15, 0.2) is 93.1 Å². The highest BCUT2D eigenvalue weighted by Crippen LogP contribution is 2.30. The molecule has 4 aromatic rings. The zero-order chi connectivity index (χ0) is 22.2. The number of nitrogens with two attached hydrogens (primary N) is 1. The maximum absolute atomic E-state index is 14.6. The van der Waals surface area contributed by atoms with Crippen LogP contribution in [0.25, 0.3) is 11.0 Å². The third-order valence-electron chi connectivity index (χ3n) is 5.39. The van der Waals surface area contributed by atoms with Crippen LogP contribution < -0.4 is 16.3 Å². The Bertz CT molecular complexity index is 1440. The molecule has 0 saturated carbocycles. The van der Waals surface area contributed by atoms with Crippen LogP contribution in [0.5, 0.6) is 0 Å². The van der Waals surface area contributed by atoms with E-state index in [9.17, 15) is 14.0 Å². The highest BCUT2D eigenvalue weighted by molar-refractivity contribution is 6.20. The van der Waals surface area contributed by atoms with Gasteiger partial charge in [0, 0.05) is 22.6 Å². The van der Waals surface area contributed by atoms with Gasteiger partial charge in [0.05, 0.1) is 17.9 Å². The molecule has 0 bridgehead atoms. The smallest absolute Gasteiger partial charge is 0.336 e. The summed E-state index contributed by atoms with van der Waals surface area (Å²) in [5, 5.41) is 0.741. The molecule has 0 spiro atoms. The van der Waals surface area contributed by atoms with Crippen LogP contribution in [0.2, 0.25) is 0 Å². The van der Waals surface area contributed by atoms with Crippen LogP contribution in [0, 0.1) is 5.82 Å². The Morgan fingerprint density at radius 2 is 1.69 bits per heavy atom. The molecule has 0 radical (unpaired) electrons. The van der Waals surface area contributed by atoms with E-state index in [-0.39, 0.29) is 12.1 Å². The molecular weight excluding hydrogens is 409 g/mol. The van der Waals surface area contributed by atoms with Gasteiger partial charge in [0.2, 0.25) is 0 Å². The van der Waals surface area contributed by atoms with Gasteiger partial charge < -0.3 is 15.1 Å². The topological polar surface area (TPSA) is 88.9 Å².